The number of benzene rings is 2. The summed E-state index contributed by atoms with van der Waals surface area (Å²) in [5.74, 6) is 1.54. The minimum Gasteiger partial charge on any atom is -0.495 e. The van der Waals surface area contributed by atoms with Crippen molar-refractivity contribution in [1.82, 2.24) is 10.6 Å². The summed E-state index contributed by atoms with van der Waals surface area (Å²) in [5.41, 5.74) is 2.15. The number of nitrogens with zero attached hydrogens (tertiary/aromatic N) is 2. The van der Waals surface area contributed by atoms with Gasteiger partial charge < -0.3 is 20.3 Å². The SMILES string of the molecule is CN=C(NCCCc1cccc(F)c1)NC1CCN(c2ccccc2OC)C1. The van der Waals surface area contributed by atoms with Gasteiger partial charge in [0.15, 0.2) is 5.96 Å². The summed E-state index contributed by atoms with van der Waals surface area (Å²) in [6, 6.07) is 15.2. The van der Waals surface area contributed by atoms with E-state index in [0.717, 1.165) is 61.9 Å². The fraction of sp³-hybridized carbons (Fsp3) is 0.409. The Morgan fingerprint density at radius 2 is 2.11 bits per heavy atom. The van der Waals surface area contributed by atoms with Crippen molar-refractivity contribution in [2.75, 3.05) is 38.7 Å². The number of rotatable bonds is 7. The highest BCUT2D eigenvalue weighted by molar-refractivity contribution is 5.80. The number of hydrogen-bond acceptors (Lipinski definition) is 3. The maximum absolute atomic E-state index is 13.2. The topological polar surface area (TPSA) is 48.9 Å². The Balaban J connectivity index is 1.44. The second-order valence-electron chi connectivity index (χ2n) is 6.98. The summed E-state index contributed by atoms with van der Waals surface area (Å²) in [4.78, 5) is 6.67. The van der Waals surface area contributed by atoms with Gasteiger partial charge in [-0.3, -0.25) is 4.99 Å². The Morgan fingerprint density at radius 3 is 2.89 bits per heavy atom. The molecule has 2 aromatic rings. The van der Waals surface area contributed by atoms with Crippen molar-refractivity contribution in [2.24, 2.45) is 4.99 Å². The van der Waals surface area contributed by atoms with Crippen LogP contribution in [0, 0.1) is 5.82 Å². The number of halogens is 1. The van der Waals surface area contributed by atoms with Gasteiger partial charge in [0.25, 0.3) is 0 Å². The van der Waals surface area contributed by atoms with Crippen molar-refractivity contribution in [3.8, 4) is 5.75 Å². The van der Waals surface area contributed by atoms with Crippen LogP contribution >= 0.6 is 0 Å². The van der Waals surface area contributed by atoms with Crippen molar-refractivity contribution in [2.45, 2.75) is 25.3 Å². The third kappa shape index (κ3) is 5.38. The van der Waals surface area contributed by atoms with Crippen LogP contribution in [0.4, 0.5) is 10.1 Å². The molecule has 5 nitrogen and oxygen atoms in total. The predicted octanol–water partition coefficient (Wildman–Crippen LogP) is 3.21. The van der Waals surface area contributed by atoms with Gasteiger partial charge in [-0.15, -0.1) is 0 Å². The van der Waals surface area contributed by atoms with E-state index < -0.39 is 0 Å². The van der Waals surface area contributed by atoms with Gasteiger partial charge in [-0.2, -0.15) is 0 Å². The fourth-order valence-corrected chi connectivity index (χ4v) is 3.57. The molecule has 1 aliphatic rings. The van der Waals surface area contributed by atoms with Gasteiger partial charge in [0.1, 0.15) is 11.6 Å². The lowest BCUT2D eigenvalue weighted by Crippen LogP contribution is -2.44. The standard InChI is InChI=1S/C22H29FN4O/c1-24-22(25-13-6-8-17-7-5-9-18(23)15-17)26-19-12-14-27(16-19)20-10-3-4-11-21(20)28-2/h3-5,7,9-11,15,19H,6,8,12-14,16H2,1-2H3,(H2,24,25,26). The maximum Gasteiger partial charge on any atom is 0.191 e. The van der Waals surface area contributed by atoms with E-state index in [0.29, 0.717) is 6.04 Å². The third-order valence-corrected chi connectivity index (χ3v) is 5.00. The molecule has 0 amide bonds. The molecule has 1 heterocycles. The second-order valence-corrected chi connectivity index (χ2v) is 6.98. The molecular weight excluding hydrogens is 355 g/mol. The van der Waals surface area contributed by atoms with Gasteiger partial charge in [-0.05, 0) is 49.1 Å². The molecule has 1 fully saturated rings. The Labute approximate surface area is 166 Å². The smallest absolute Gasteiger partial charge is 0.191 e. The molecule has 1 saturated heterocycles. The van der Waals surface area contributed by atoms with Crippen LogP contribution in [0.2, 0.25) is 0 Å². The van der Waals surface area contributed by atoms with Gasteiger partial charge in [0, 0.05) is 32.7 Å². The van der Waals surface area contributed by atoms with E-state index in [4.69, 9.17) is 4.74 Å². The first-order valence-electron chi connectivity index (χ1n) is 9.79. The number of nitrogens with one attached hydrogen (secondary N) is 2. The number of anilines is 1. The van der Waals surface area contributed by atoms with Gasteiger partial charge in [0.05, 0.1) is 12.8 Å². The normalized spacial score (nSPS) is 16.9. The monoisotopic (exact) mass is 384 g/mol. The fourth-order valence-electron chi connectivity index (χ4n) is 3.57. The number of methoxy groups -OCH3 is 1. The maximum atomic E-state index is 13.2. The second kappa shape index (κ2) is 9.97. The van der Waals surface area contributed by atoms with Crippen LogP contribution in [0.3, 0.4) is 0 Å². The number of guanidine groups is 1. The number of hydrogen-bond donors (Lipinski definition) is 2. The quantitative estimate of drug-likeness (QED) is 0.437. The first-order chi connectivity index (χ1) is 13.7. The lowest BCUT2D eigenvalue weighted by molar-refractivity contribution is 0.415. The molecule has 3 rings (SSSR count). The van der Waals surface area contributed by atoms with E-state index in [1.165, 1.54) is 6.07 Å². The van der Waals surface area contributed by atoms with Crippen molar-refractivity contribution < 1.29 is 9.13 Å². The highest BCUT2D eigenvalue weighted by Crippen LogP contribution is 2.30. The Bertz CT molecular complexity index is 796. The number of aryl methyl sites for hydroxylation is 1. The number of ether oxygens (including phenoxy) is 1. The summed E-state index contributed by atoms with van der Waals surface area (Å²) in [5, 5.41) is 6.87. The zero-order valence-electron chi connectivity index (χ0n) is 16.6. The first-order valence-corrected chi connectivity index (χ1v) is 9.79. The summed E-state index contributed by atoms with van der Waals surface area (Å²) < 4.78 is 18.7. The molecule has 28 heavy (non-hydrogen) atoms. The zero-order chi connectivity index (χ0) is 19.8. The molecule has 0 bridgehead atoms. The molecule has 2 N–H and O–H groups in total. The van der Waals surface area contributed by atoms with Crippen LogP contribution < -0.4 is 20.3 Å². The lowest BCUT2D eigenvalue weighted by Gasteiger charge is -2.22. The highest BCUT2D eigenvalue weighted by Gasteiger charge is 2.25. The molecule has 0 spiro atoms. The van der Waals surface area contributed by atoms with Gasteiger partial charge >= 0.3 is 0 Å². The molecule has 150 valence electrons. The Morgan fingerprint density at radius 1 is 1.25 bits per heavy atom. The van der Waals surface area contributed by atoms with Crippen LogP contribution in [0.15, 0.2) is 53.5 Å². The average Bonchev–Trinajstić information content (AvgIpc) is 3.18. The molecule has 0 aromatic heterocycles. The molecule has 0 radical (unpaired) electrons. The number of para-hydroxylation sites is 2. The molecule has 1 aliphatic heterocycles. The minimum atomic E-state index is -0.177. The zero-order valence-corrected chi connectivity index (χ0v) is 16.6. The predicted molar refractivity (Wildman–Crippen MR) is 113 cm³/mol. The van der Waals surface area contributed by atoms with Gasteiger partial charge in [0.2, 0.25) is 0 Å². The van der Waals surface area contributed by atoms with Crippen molar-refractivity contribution in [1.29, 1.82) is 0 Å². The average molecular weight is 384 g/mol. The van der Waals surface area contributed by atoms with Gasteiger partial charge in [-0.25, -0.2) is 4.39 Å². The Hall–Kier alpha value is -2.76. The van der Waals surface area contributed by atoms with Crippen LogP contribution in [-0.2, 0) is 6.42 Å². The molecule has 1 unspecified atom stereocenters. The molecule has 1 atom stereocenters. The van der Waals surface area contributed by atoms with E-state index in [9.17, 15) is 4.39 Å². The van der Waals surface area contributed by atoms with E-state index >= 15 is 0 Å². The lowest BCUT2D eigenvalue weighted by atomic mass is 10.1. The third-order valence-electron chi connectivity index (χ3n) is 5.00. The summed E-state index contributed by atoms with van der Waals surface area (Å²) >= 11 is 0. The minimum absolute atomic E-state index is 0.177. The van der Waals surface area contributed by atoms with E-state index in [1.807, 2.05) is 24.3 Å². The van der Waals surface area contributed by atoms with Crippen LogP contribution in [0.5, 0.6) is 5.75 Å². The first kappa shape index (κ1) is 20.0. The van der Waals surface area contributed by atoms with Crippen LogP contribution in [0.25, 0.3) is 0 Å². The van der Waals surface area contributed by atoms with Crippen molar-refractivity contribution in [3.05, 3.63) is 59.9 Å². The van der Waals surface area contributed by atoms with Crippen LogP contribution in [-0.4, -0.2) is 45.8 Å². The van der Waals surface area contributed by atoms with E-state index in [2.05, 4.69) is 26.6 Å². The van der Waals surface area contributed by atoms with Gasteiger partial charge in [-0.1, -0.05) is 24.3 Å². The number of aliphatic imine (C=N–C) groups is 1. The largest absolute Gasteiger partial charge is 0.495 e. The van der Waals surface area contributed by atoms with Crippen LogP contribution in [0.1, 0.15) is 18.4 Å². The Kier molecular flexibility index (Phi) is 7.12. The molecule has 6 heteroatoms. The molecule has 0 saturated carbocycles. The molecule has 2 aromatic carbocycles. The van der Waals surface area contributed by atoms with Crippen molar-refractivity contribution >= 4 is 11.6 Å². The summed E-state index contributed by atoms with van der Waals surface area (Å²) in [7, 11) is 3.50. The summed E-state index contributed by atoms with van der Waals surface area (Å²) in [6.07, 6.45) is 2.80. The molecular formula is C22H29FN4O. The van der Waals surface area contributed by atoms with Crippen molar-refractivity contribution in [3.63, 3.8) is 0 Å². The molecule has 0 aliphatic carbocycles. The van der Waals surface area contributed by atoms with E-state index in [1.54, 1.807) is 26.3 Å². The van der Waals surface area contributed by atoms with E-state index in [-0.39, 0.29) is 5.82 Å². The highest BCUT2D eigenvalue weighted by atomic mass is 19.1. The summed E-state index contributed by atoms with van der Waals surface area (Å²) in [6.45, 7) is 2.68.